The Hall–Kier alpha value is -2.04. The van der Waals surface area contributed by atoms with Crippen LogP contribution in [-0.2, 0) is 9.53 Å². The molecule has 0 aromatic heterocycles. The van der Waals surface area contributed by atoms with Crippen molar-refractivity contribution in [3.63, 3.8) is 0 Å². The Kier molecular flexibility index (Phi) is 4.71. The van der Waals surface area contributed by atoms with E-state index in [0.29, 0.717) is 11.3 Å². The van der Waals surface area contributed by atoms with Gasteiger partial charge in [-0.3, -0.25) is 4.79 Å². The van der Waals surface area contributed by atoms with Gasteiger partial charge in [0.1, 0.15) is 0 Å². The molecule has 0 radical (unpaired) electrons. The molecule has 0 atom stereocenters. The quantitative estimate of drug-likeness (QED) is 0.622. The lowest BCUT2D eigenvalue weighted by atomic mass is 10.1. The smallest absolute Gasteiger partial charge is 0.338 e. The zero-order chi connectivity index (χ0) is 13.7. The van der Waals surface area contributed by atoms with Gasteiger partial charge in [0.2, 0.25) is 0 Å². The maximum absolute atomic E-state index is 11.8. The van der Waals surface area contributed by atoms with Crippen molar-refractivity contribution in [2.45, 2.75) is 26.8 Å². The first-order valence-electron chi connectivity index (χ1n) is 5.72. The van der Waals surface area contributed by atoms with Gasteiger partial charge in [-0.25, -0.2) is 4.79 Å². The second kappa shape index (κ2) is 6.05. The monoisotopic (exact) mass is 250 g/mol. The lowest BCUT2D eigenvalue weighted by Gasteiger charge is -2.10. The molecule has 0 saturated carbocycles. The molecule has 0 aliphatic carbocycles. The van der Waals surface area contributed by atoms with E-state index in [4.69, 9.17) is 10.5 Å². The van der Waals surface area contributed by atoms with E-state index in [0.717, 1.165) is 5.56 Å². The third-order valence-electron chi connectivity index (χ3n) is 2.27. The number of nitrogen functional groups attached to an aromatic ring is 1. The summed E-state index contributed by atoms with van der Waals surface area (Å²) in [6, 6.07) is 5.00. The predicted molar refractivity (Wildman–Crippen MR) is 69.2 cm³/mol. The molecule has 0 aliphatic rings. The highest BCUT2D eigenvalue weighted by atomic mass is 16.5. The molecule has 0 saturated heterocycles. The van der Waals surface area contributed by atoms with E-state index < -0.39 is 5.97 Å². The van der Waals surface area contributed by atoms with E-state index in [2.05, 4.69) is 5.32 Å². The fourth-order valence-corrected chi connectivity index (χ4v) is 1.43. The summed E-state index contributed by atoms with van der Waals surface area (Å²) in [4.78, 5) is 23.1. The number of nitrogens with one attached hydrogen (secondary N) is 1. The van der Waals surface area contributed by atoms with Gasteiger partial charge in [-0.05, 0) is 38.5 Å². The van der Waals surface area contributed by atoms with E-state index >= 15 is 0 Å². The van der Waals surface area contributed by atoms with Crippen LogP contribution in [0.1, 0.15) is 29.8 Å². The van der Waals surface area contributed by atoms with Crippen LogP contribution in [0.25, 0.3) is 0 Å². The van der Waals surface area contributed by atoms with E-state index in [1.165, 1.54) is 6.07 Å². The third kappa shape index (κ3) is 4.08. The molecule has 1 rings (SSSR count). The number of esters is 1. The Bertz CT molecular complexity index is 456. The van der Waals surface area contributed by atoms with Crippen LogP contribution in [0.2, 0.25) is 0 Å². The minimum Gasteiger partial charge on any atom is -0.452 e. The van der Waals surface area contributed by atoms with E-state index in [1.807, 2.05) is 13.8 Å². The number of carbonyl (C=O) groups excluding carboxylic acids is 2. The zero-order valence-electron chi connectivity index (χ0n) is 10.8. The first kappa shape index (κ1) is 14.0. The summed E-state index contributed by atoms with van der Waals surface area (Å²) in [5, 5.41) is 2.63. The fraction of sp³-hybridized carbons (Fsp3) is 0.385. The standard InChI is InChI=1S/C13H18N2O3/c1-8(2)15-12(16)7-18-13(17)11-6-10(14)5-4-9(11)3/h4-6,8H,7,14H2,1-3H3,(H,15,16). The van der Waals surface area contributed by atoms with E-state index in [9.17, 15) is 9.59 Å². The van der Waals surface area contributed by atoms with Gasteiger partial charge in [-0.2, -0.15) is 0 Å². The largest absolute Gasteiger partial charge is 0.452 e. The molecule has 0 fully saturated rings. The van der Waals surface area contributed by atoms with E-state index in [-0.39, 0.29) is 18.6 Å². The Morgan fingerprint density at radius 2 is 2.06 bits per heavy atom. The number of hydrogen-bond donors (Lipinski definition) is 2. The number of nitrogens with two attached hydrogens (primary N) is 1. The van der Waals surface area contributed by atoms with Gasteiger partial charge in [-0.1, -0.05) is 6.07 Å². The van der Waals surface area contributed by atoms with Gasteiger partial charge >= 0.3 is 5.97 Å². The molecule has 5 heteroatoms. The van der Waals surface area contributed by atoms with Crippen molar-refractivity contribution < 1.29 is 14.3 Å². The summed E-state index contributed by atoms with van der Waals surface area (Å²) in [7, 11) is 0. The molecule has 1 aromatic carbocycles. The molecule has 0 aliphatic heterocycles. The van der Waals surface area contributed by atoms with Crippen molar-refractivity contribution >= 4 is 17.6 Å². The molecule has 18 heavy (non-hydrogen) atoms. The highest BCUT2D eigenvalue weighted by Gasteiger charge is 2.13. The van der Waals surface area contributed by atoms with Gasteiger partial charge in [0.25, 0.3) is 5.91 Å². The maximum atomic E-state index is 11.8. The molecule has 0 bridgehead atoms. The van der Waals surface area contributed by atoms with Crippen LogP contribution >= 0.6 is 0 Å². The minimum atomic E-state index is -0.543. The summed E-state index contributed by atoms with van der Waals surface area (Å²) < 4.78 is 4.92. The number of rotatable bonds is 4. The van der Waals surface area contributed by atoms with Crippen LogP contribution in [0.3, 0.4) is 0 Å². The van der Waals surface area contributed by atoms with Gasteiger partial charge in [-0.15, -0.1) is 0 Å². The molecular weight excluding hydrogens is 232 g/mol. The van der Waals surface area contributed by atoms with Crippen molar-refractivity contribution in [3.05, 3.63) is 29.3 Å². The first-order chi connectivity index (χ1) is 8.40. The van der Waals surface area contributed by atoms with Crippen molar-refractivity contribution in [2.75, 3.05) is 12.3 Å². The van der Waals surface area contributed by atoms with Crippen LogP contribution in [0.5, 0.6) is 0 Å². The summed E-state index contributed by atoms with van der Waals surface area (Å²) in [5.74, 6) is -0.862. The Balaban J connectivity index is 2.60. The highest BCUT2D eigenvalue weighted by molar-refractivity contribution is 5.93. The second-order valence-electron chi connectivity index (χ2n) is 4.37. The minimum absolute atomic E-state index is 0.0188. The molecular formula is C13H18N2O3. The van der Waals surface area contributed by atoms with Crippen molar-refractivity contribution in [2.24, 2.45) is 0 Å². The molecule has 98 valence electrons. The van der Waals surface area contributed by atoms with Crippen LogP contribution in [0.4, 0.5) is 5.69 Å². The molecule has 0 spiro atoms. The number of ether oxygens (including phenoxy) is 1. The van der Waals surface area contributed by atoms with Crippen LogP contribution < -0.4 is 11.1 Å². The predicted octanol–water partition coefficient (Wildman–Crippen LogP) is 1.26. The lowest BCUT2D eigenvalue weighted by Crippen LogP contribution is -2.34. The Morgan fingerprint density at radius 1 is 1.39 bits per heavy atom. The SMILES string of the molecule is Cc1ccc(N)cc1C(=O)OCC(=O)NC(C)C. The lowest BCUT2D eigenvalue weighted by molar-refractivity contribution is -0.124. The van der Waals surface area contributed by atoms with Gasteiger partial charge in [0.15, 0.2) is 6.61 Å². The molecule has 0 unspecified atom stereocenters. The fourth-order valence-electron chi connectivity index (χ4n) is 1.43. The first-order valence-corrected chi connectivity index (χ1v) is 5.72. The Morgan fingerprint density at radius 3 is 2.67 bits per heavy atom. The number of aryl methyl sites for hydroxylation is 1. The molecule has 1 amide bonds. The van der Waals surface area contributed by atoms with Crippen molar-refractivity contribution in [3.8, 4) is 0 Å². The topological polar surface area (TPSA) is 81.4 Å². The molecule has 3 N–H and O–H groups in total. The zero-order valence-corrected chi connectivity index (χ0v) is 10.8. The van der Waals surface area contributed by atoms with Gasteiger partial charge in [0, 0.05) is 11.7 Å². The average molecular weight is 250 g/mol. The summed E-state index contributed by atoms with van der Waals surface area (Å²) in [5.41, 5.74) is 7.23. The molecule has 5 nitrogen and oxygen atoms in total. The normalized spacial score (nSPS) is 10.2. The second-order valence-corrected chi connectivity index (χ2v) is 4.37. The number of anilines is 1. The number of carbonyl (C=O) groups is 2. The van der Waals surface area contributed by atoms with Gasteiger partial charge in [0.05, 0.1) is 5.56 Å². The third-order valence-corrected chi connectivity index (χ3v) is 2.27. The van der Waals surface area contributed by atoms with Crippen LogP contribution in [0, 0.1) is 6.92 Å². The van der Waals surface area contributed by atoms with E-state index in [1.54, 1.807) is 19.1 Å². The van der Waals surface area contributed by atoms with Crippen LogP contribution in [0.15, 0.2) is 18.2 Å². The summed E-state index contributed by atoms with van der Waals surface area (Å²) in [6.45, 7) is 5.17. The number of benzene rings is 1. The summed E-state index contributed by atoms with van der Waals surface area (Å²) >= 11 is 0. The van der Waals surface area contributed by atoms with Crippen molar-refractivity contribution in [1.82, 2.24) is 5.32 Å². The molecule has 1 aromatic rings. The number of hydrogen-bond acceptors (Lipinski definition) is 4. The number of amides is 1. The summed E-state index contributed by atoms with van der Waals surface area (Å²) in [6.07, 6.45) is 0. The van der Waals surface area contributed by atoms with Crippen molar-refractivity contribution in [1.29, 1.82) is 0 Å². The highest BCUT2D eigenvalue weighted by Crippen LogP contribution is 2.13. The van der Waals surface area contributed by atoms with Crippen LogP contribution in [-0.4, -0.2) is 24.5 Å². The van der Waals surface area contributed by atoms with Gasteiger partial charge < -0.3 is 15.8 Å². The maximum Gasteiger partial charge on any atom is 0.338 e. The average Bonchev–Trinajstić information content (AvgIpc) is 2.28. The molecule has 0 heterocycles. The Labute approximate surface area is 106 Å².